The van der Waals surface area contributed by atoms with E-state index in [0.29, 0.717) is 23.6 Å². The number of carbonyl (C=O) groups is 1. The Labute approximate surface area is 167 Å². The zero-order chi connectivity index (χ0) is 19.9. The van der Waals surface area contributed by atoms with Crippen LogP contribution in [0, 0.1) is 6.92 Å². The fraction of sp³-hybridized carbons (Fsp3) is 0.409. The van der Waals surface area contributed by atoms with Crippen molar-refractivity contribution in [1.82, 2.24) is 4.90 Å². The quantitative estimate of drug-likeness (QED) is 0.796. The minimum absolute atomic E-state index is 0.0207. The predicted molar refractivity (Wildman–Crippen MR) is 113 cm³/mol. The summed E-state index contributed by atoms with van der Waals surface area (Å²) in [4.78, 5) is 17.2. The van der Waals surface area contributed by atoms with Crippen LogP contribution < -0.4 is 19.7 Å². The molecule has 150 valence electrons. The first-order valence-corrected chi connectivity index (χ1v) is 9.65. The third kappa shape index (κ3) is 5.16. The van der Waals surface area contributed by atoms with E-state index in [1.54, 1.807) is 26.4 Å². The van der Waals surface area contributed by atoms with Gasteiger partial charge in [0, 0.05) is 50.9 Å². The largest absolute Gasteiger partial charge is 0.497 e. The first-order valence-electron chi connectivity index (χ1n) is 9.65. The fourth-order valence-corrected chi connectivity index (χ4v) is 3.44. The van der Waals surface area contributed by atoms with Crippen LogP contribution in [0.1, 0.15) is 12.0 Å². The minimum Gasteiger partial charge on any atom is -0.497 e. The summed E-state index contributed by atoms with van der Waals surface area (Å²) in [6, 6.07) is 14.0. The Kier molecular flexibility index (Phi) is 6.76. The van der Waals surface area contributed by atoms with Crippen molar-refractivity contribution in [3.8, 4) is 11.5 Å². The first kappa shape index (κ1) is 20.0. The summed E-state index contributed by atoms with van der Waals surface area (Å²) in [5.74, 6) is 1.29. The lowest BCUT2D eigenvalue weighted by molar-refractivity contribution is -0.116. The Morgan fingerprint density at radius 2 is 1.82 bits per heavy atom. The molecule has 0 unspecified atom stereocenters. The molecular weight excluding hydrogens is 354 g/mol. The van der Waals surface area contributed by atoms with Crippen molar-refractivity contribution in [3.05, 3.63) is 48.0 Å². The van der Waals surface area contributed by atoms with E-state index in [1.165, 1.54) is 11.3 Å². The molecule has 1 fully saturated rings. The Bertz CT molecular complexity index is 801. The van der Waals surface area contributed by atoms with Gasteiger partial charge in [-0.25, -0.2) is 0 Å². The molecule has 0 saturated carbocycles. The van der Waals surface area contributed by atoms with Gasteiger partial charge in [-0.05, 0) is 36.8 Å². The van der Waals surface area contributed by atoms with Gasteiger partial charge in [-0.2, -0.15) is 0 Å². The number of anilines is 2. The topological polar surface area (TPSA) is 54.0 Å². The number of methoxy groups -OCH3 is 2. The molecule has 1 saturated heterocycles. The van der Waals surface area contributed by atoms with Crippen LogP contribution in [0.2, 0.25) is 0 Å². The normalized spacial score (nSPS) is 14.6. The maximum Gasteiger partial charge on any atom is 0.225 e. The third-order valence-corrected chi connectivity index (χ3v) is 5.07. The highest BCUT2D eigenvalue weighted by molar-refractivity contribution is 5.92. The monoisotopic (exact) mass is 383 g/mol. The average Bonchev–Trinajstić information content (AvgIpc) is 2.72. The number of benzene rings is 2. The van der Waals surface area contributed by atoms with Crippen molar-refractivity contribution in [2.24, 2.45) is 0 Å². The summed E-state index contributed by atoms with van der Waals surface area (Å²) in [6.07, 6.45) is 0.449. The average molecular weight is 383 g/mol. The molecule has 1 aliphatic heterocycles. The van der Waals surface area contributed by atoms with E-state index in [2.05, 4.69) is 46.3 Å². The molecule has 0 bridgehead atoms. The van der Waals surface area contributed by atoms with Gasteiger partial charge in [0.15, 0.2) is 0 Å². The Balaban J connectivity index is 1.47. The highest BCUT2D eigenvalue weighted by Crippen LogP contribution is 2.29. The molecule has 1 aliphatic rings. The number of hydrogen-bond acceptors (Lipinski definition) is 5. The number of carbonyl (C=O) groups excluding carboxylic acids is 1. The van der Waals surface area contributed by atoms with Crippen LogP contribution in [0.25, 0.3) is 0 Å². The van der Waals surface area contributed by atoms with Crippen molar-refractivity contribution >= 4 is 17.3 Å². The van der Waals surface area contributed by atoms with E-state index in [4.69, 9.17) is 9.47 Å². The van der Waals surface area contributed by atoms with E-state index < -0.39 is 0 Å². The smallest absolute Gasteiger partial charge is 0.225 e. The van der Waals surface area contributed by atoms with Gasteiger partial charge < -0.3 is 19.7 Å². The zero-order valence-corrected chi connectivity index (χ0v) is 16.9. The summed E-state index contributed by atoms with van der Waals surface area (Å²) in [5, 5.41) is 2.94. The number of hydrogen-bond donors (Lipinski definition) is 1. The standard InChI is InChI=1S/C22H29N3O3/c1-17-5-4-6-18(15-17)25-13-11-24(12-14-25)10-9-22(26)23-20-16-19(27-2)7-8-21(20)28-3/h4-8,15-16H,9-14H2,1-3H3,(H,23,26). The fourth-order valence-electron chi connectivity index (χ4n) is 3.44. The van der Waals surface area contributed by atoms with Gasteiger partial charge in [0.1, 0.15) is 11.5 Å². The molecule has 0 radical (unpaired) electrons. The number of amides is 1. The number of nitrogens with zero attached hydrogens (tertiary/aromatic N) is 2. The second-order valence-electron chi connectivity index (χ2n) is 7.03. The van der Waals surface area contributed by atoms with E-state index in [0.717, 1.165) is 32.7 Å². The van der Waals surface area contributed by atoms with Gasteiger partial charge in [-0.3, -0.25) is 9.69 Å². The summed E-state index contributed by atoms with van der Waals surface area (Å²) in [6.45, 7) is 6.76. The van der Waals surface area contributed by atoms with Gasteiger partial charge in [-0.1, -0.05) is 12.1 Å². The lowest BCUT2D eigenvalue weighted by atomic mass is 10.2. The second kappa shape index (κ2) is 9.46. The van der Waals surface area contributed by atoms with E-state index in [1.807, 2.05) is 6.07 Å². The molecule has 0 aliphatic carbocycles. The molecule has 2 aromatic rings. The van der Waals surface area contributed by atoms with Crippen LogP contribution in [0.15, 0.2) is 42.5 Å². The number of aryl methyl sites for hydroxylation is 1. The van der Waals surface area contributed by atoms with Crippen LogP contribution in [0.5, 0.6) is 11.5 Å². The molecule has 1 amide bonds. The highest BCUT2D eigenvalue weighted by atomic mass is 16.5. The van der Waals surface area contributed by atoms with Crippen LogP contribution in [0.3, 0.4) is 0 Å². The lowest BCUT2D eigenvalue weighted by Crippen LogP contribution is -2.47. The molecule has 1 heterocycles. The van der Waals surface area contributed by atoms with Crippen LogP contribution in [-0.2, 0) is 4.79 Å². The molecule has 6 nitrogen and oxygen atoms in total. The molecule has 0 atom stereocenters. The minimum atomic E-state index is -0.0207. The highest BCUT2D eigenvalue weighted by Gasteiger charge is 2.18. The van der Waals surface area contributed by atoms with Crippen LogP contribution in [0.4, 0.5) is 11.4 Å². The molecule has 6 heteroatoms. The molecule has 0 spiro atoms. The van der Waals surface area contributed by atoms with E-state index >= 15 is 0 Å². The van der Waals surface area contributed by atoms with Gasteiger partial charge in [0.2, 0.25) is 5.91 Å². The Morgan fingerprint density at radius 1 is 1.04 bits per heavy atom. The van der Waals surface area contributed by atoms with Gasteiger partial charge in [0.25, 0.3) is 0 Å². The summed E-state index contributed by atoms with van der Waals surface area (Å²) in [5.41, 5.74) is 3.20. The maximum absolute atomic E-state index is 12.4. The molecule has 28 heavy (non-hydrogen) atoms. The number of ether oxygens (including phenoxy) is 2. The summed E-state index contributed by atoms with van der Waals surface area (Å²) < 4.78 is 10.5. The zero-order valence-electron chi connectivity index (χ0n) is 16.9. The number of piperazine rings is 1. The van der Waals surface area contributed by atoms with Crippen molar-refractivity contribution in [2.75, 3.05) is 57.2 Å². The molecule has 2 aromatic carbocycles. The van der Waals surface area contributed by atoms with E-state index in [9.17, 15) is 4.79 Å². The van der Waals surface area contributed by atoms with Crippen molar-refractivity contribution in [3.63, 3.8) is 0 Å². The van der Waals surface area contributed by atoms with Crippen LogP contribution in [-0.4, -0.2) is 57.8 Å². The van der Waals surface area contributed by atoms with Crippen molar-refractivity contribution in [2.45, 2.75) is 13.3 Å². The Hall–Kier alpha value is -2.73. The number of nitrogens with one attached hydrogen (secondary N) is 1. The maximum atomic E-state index is 12.4. The Morgan fingerprint density at radius 3 is 2.50 bits per heavy atom. The molecular formula is C22H29N3O3. The first-order chi connectivity index (χ1) is 13.6. The SMILES string of the molecule is COc1ccc(OC)c(NC(=O)CCN2CCN(c3cccc(C)c3)CC2)c1. The third-order valence-electron chi connectivity index (χ3n) is 5.07. The van der Waals surface area contributed by atoms with E-state index in [-0.39, 0.29) is 5.91 Å². The van der Waals surface area contributed by atoms with Crippen molar-refractivity contribution < 1.29 is 14.3 Å². The molecule has 3 rings (SSSR count). The van der Waals surface area contributed by atoms with Crippen LogP contribution >= 0.6 is 0 Å². The lowest BCUT2D eigenvalue weighted by Gasteiger charge is -2.36. The second-order valence-corrected chi connectivity index (χ2v) is 7.03. The molecule has 0 aromatic heterocycles. The summed E-state index contributed by atoms with van der Waals surface area (Å²) in [7, 11) is 3.19. The van der Waals surface area contributed by atoms with Gasteiger partial charge in [0.05, 0.1) is 19.9 Å². The molecule has 1 N–H and O–H groups in total. The van der Waals surface area contributed by atoms with Gasteiger partial charge >= 0.3 is 0 Å². The van der Waals surface area contributed by atoms with Crippen molar-refractivity contribution in [1.29, 1.82) is 0 Å². The number of rotatable bonds is 7. The van der Waals surface area contributed by atoms with Gasteiger partial charge in [-0.15, -0.1) is 0 Å². The predicted octanol–water partition coefficient (Wildman–Crippen LogP) is 3.16. The summed E-state index contributed by atoms with van der Waals surface area (Å²) >= 11 is 0.